The van der Waals surface area contributed by atoms with Gasteiger partial charge in [-0.2, -0.15) is 10.2 Å². The molecular weight excluding hydrogens is 410 g/mol. The summed E-state index contributed by atoms with van der Waals surface area (Å²) in [4.78, 5) is 26.2. The quantitative estimate of drug-likeness (QED) is 0.530. The number of likely N-dealkylation sites (tertiary alicyclic amines) is 1. The van der Waals surface area contributed by atoms with E-state index in [2.05, 4.69) is 22.4 Å². The normalized spacial score (nSPS) is 19.8. The average molecular weight is 440 g/mol. The van der Waals surface area contributed by atoms with Crippen molar-refractivity contribution in [1.82, 2.24) is 24.3 Å². The zero-order valence-electron chi connectivity index (χ0n) is 18.5. The third-order valence-electron chi connectivity index (χ3n) is 6.20. The van der Waals surface area contributed by atoms with Crippen LogP contribution in [0.5, 0.6) is 0 Å². The van der Waals surface area contributed by atoms with Gasteiger partial charge in [0.25, 0.3) is 11.8 Å². The minimum atomic E-state index is -1.01. The Kier molecular flexibility index (Phi) is 5.88. The highest BCUT2D eigenvalue weighted by molar-refractivity contribution is 6.02. The van der Waals surface area contributed by atoms with Gasteiger partial charge in [-0.1, -0.05) is 6.92 Å². The van der Waals surface area contributed by atoms with Crippen LogP contribution in [-0.2, 0) is 11.8 Å². The predicted octanol–water partition coefficient (Wildman–Crippen LogP) is 1.25. The van der Waals surface area contributed by atoms with Crippen molar-refractivity contribution >= 4 is 23.0 Å². The molecule has 0 bridgehead atoms. The van der Waals surface area contributed by atoms with Gasteiger partial charge in [0.05, 0.1) is 29.2 Å². The number of nitrogens with zero attached hydrogens (tertiary/aromatic N) is 5. The third kappa shape index (κ3) is 4.05. The second kappa shape index (κ2) is 8.62. The number of hydrogen-bond donors (Lipinski definition) is 3. The summed E-state index contributed by atoms with van der Waals surface area (Å²) in [7, 11) is 1.86. The number of rotatable bonds is 6. The number of aryl methyl sites for hydroxylation is 1. The van der Waals surface area contributed by atoms with Crippen molar-refractivity contribution in [3.8, 4) is 11.1 Å². The van der Waals surface area contributed by atoms with Crippen LogP contribution in [0.4, 0.5) is 5.69 Å². The molecule has 32 heavy (non-hydrogen) atoms. The molecule has 10 heteroatoms. The Hall–Kier alpha value is -3.40. The minimum absolute atomic E-state index is 0.0408. The first-order chi connectivity index (χ1) is 15.3. The fourth-order valence-electron chi connectivity index (χ4n) is 4.41. The molecule has 0 saturated carbocycles. The molecule has 1 aliphatic heterocycles. The number of anilines is 1. The van der Waals surface area contributed by atoms with Crippen LogP contribution in [0.3, 0.4) is 0 Å². The molecule has 4 heterocycles. The highest BCUT2D eigenvalue weighted by atomic mass is 16.3. The summed E-state index contributed by atoms with van der Waals surface area (Å²) in [5.74, 6) is -0.645. The number of amides is 2. The lowest BCUT2D eigenvalue weighted by Gasteiger charge is -2.39. The number of aliphatic hydroxyl groups is 1. The SMILES string of the molecule is CC[C@H]1CN(C(=O)[C@H](C)O)CC[C@H]1Nc1c(C(N)=O)cnn2cc(-c3cnn(C)c3)cc12. The molecule has 170 valence electrons. The monoisotopic (exact) mass is 439 g/mol. The Bertz CT molecular complexity index is 1150. The van der Waals surface area contributed by atoms with E-state index in [-0.39, 0.29) is 17.9 Å². The van der Waals surface area contributed by atoms with E-state index in [1.807, 2.05) is 25.5 Å². The van der Waals surface area contributed by atoms with Gasteiger partial charge < -0.3 is 21.1 Å². The maximum Gasteiger partial charge on any atom is 0.252 e. The van der Waals surface area contributed by atoms with Crippen molar-refractivity contribution < 1.29 is 14.7 Å². The van der Waals surface area contributed by atoms with Crippen LogP contribution in [-0.4, -0.2) is 66.5 Å². The van der Waals surface area contributed by atoms with E-state index in [1.165, 1.54) is 13.1 Å². The van der Waals surface area contributed by atoms with Crippen LogP contribution >= 0.6 is 0 Å². The summed E-state index contributed by atoms with van der Waals surface area (Å²) < 4.78 is 3.46. The van der Waals surface area contributed by atoms with Crippen LogP contribution in [0.2, 0.25) is 0 Å². The second-order valence-corrected chi connectivity index (χ2v) is 8.43. The summed E-state index contributed by atoms with van der Waals surface area (Å²) in [5, 5.41) is 21.8. The van der Waals surface area contributed by atoms with E-state index in [0.717, 1.165) is 23.1 Å². The molecule has 0 aliphatic carbocycles. The van der Waals surface area contributed by atoms with Gasteiger partial charge in [-0.05, 0) is 31.7 Å². The molecule has 3 aromatic rings. The van der Waals surface area contributed by atoms with Gasteiger partial charge in [0.15, 0.2) is 0 Å². The van der Waals surface area contributed by atoms with Gasteiger partial charge in [-0.25, -0.2) is 4.52 Å². The van der Waals surface area contributed by atoms with E-state index < -0.39 is 12.0 Å². The fraction of sp³-hybridized carbons (Fsp3) is 0.455. The Labute approximate surface area is 186 Å². The summed E-state index contributed by atoms with van der Waals surface area (Å²) in [6, 6.07) is 2.00. The number of piperidine rings is 1. The largest absolute Gasteiger partial charge is 0.384 e. The van der Waals surface area contributed by atoms with Crippen molar-refractivity contribution in [2.75, 3.05) is 18.4 Å². The summed E-state index contributed by atoms with van der Waals surface area (Å²) in [6.45, 7) is 4.65. The topological polar surface area (TPSA) is 131 Å². The van der Waals surface area contributed by atoms with Crippen LogP contribution in [0.25, 0.3) is 16.6 Å². The fourth-order valence-corrected chi connectivity index (χ4v) is 4.41. The van der Waals surface area contributed by atoms with Crippen molar-refractivity contribution in [1.29, 1.82) is 0 Å². The molecule has 1 aliphatic rings. The van der Waals surface area contributed by atoms with Crippen molar-refractivity contribution in [3.63, 3.8) is 0 Å². The second-order valence-electron chi connectivity index (χ2n) is 8.43. The van der Waals surface area contributed by atoms with E-state index in [1.54, 1.807) is 20.3 Å². The number of nitrogens with one attached hydrogen (secondary N) is 1. The van der Waals surface area contributed by atoms with Crippen molar-refractivity contribution in [2.45, 2.75) is 38.8 Å². The number of primary amides is 1. The van der Waals surface area contributed by atoms with Crippen molar-refractivity contribution in [2.24, 2.45) is 18.7 Å². The molecule has 3 aromatic heterocycles. The van der Waals surface area contributed by atoms with Gasteiger partial charge in [-0.15, -0.1) is 0 Å². The van der Waals surface area contributed by atoms with Crippen molar-refractivity contribution in [3.05, 3.63) is 36.4 Å². The minimum Gasteiger partial charge on any atom is -0.384 e. The molecule has 0 aromatic carbocycles. The van der Waals surface area contributed by atoms with Crippen LogP contribution < -0.4 is 11.1 Å². The Morgan fingerprint density at radius 3 is 2.69 bits per heavy atom. The van der Waals surface area contributed by atoms with E-state index in [0.29, 0.717) is 30.8 Å². The number of carbonyl (C=O) groups excluding carboxylic acids is 2. The summed E-state index contributed by atoms with van der Waals surface area (Å²) in [5.41, 5.74) is 9.26. The molecule has 4 N–H and O–H groups in total. The number of fused-ring (bicyclic) bond motifs is 1. The number of carbonyl (C=O) groups is 2. The Morgan fingerprint density at radius 1 is 1.28 bits per heavy atom. The molecular formula is C22H29N7O3. The molecule has 2 amide bonds. The van der Waals surface area contributed by atoms with E-state index in [9.17, 15) is 14.7 Å². The predicted molar refractivity (Wildman–Crippen MR) is 120 cm³/mol. The first-order valence-electron chi connectivity index (χ1n) is 10.8. The summed E-state index contributed by atoms with van der Waals surface area (Å²) >= 11 is 0. The zero-order valence-corrected chi connectivity index (χ0v) is 18.5. The maximum absolute atomic E-state index is 12.3. The van der Waals surface area contributed by atoms with Gasteiger partial charge >= 0.3 is 0 Å². The van der Waals surface area contributed by atoms with Gasteiger partial charge in [-0.3, -0.25) is 14.3 Å². The highest BCUT2D eigenvalue weighted by Crippen LogP contribution is 2.31. The molecule has 10 nitrogen and oxygen atoms in total. The number of nitrogens with two attached hydrogens (primary N) is 1. The number of aliphatic hydroxyl groups excluding tert-OH is 1. The first kappa shape index (κ1) is 21.8. The first-order valence-corrected chi connectivity index (χ1v) is 10.8. The van der Waals surface area contributed by atoms with Gasteiger partial charge in [0, 0.05) is 49.7 Å². The molecule has 3 atom stereocenters. The smallest absolute Gasteiger partial charge is 0.252 e. The third-order valence-corrected chi connectivity index (χ3v) is 6.20. The molecule has 0 radical (unpaired) electrons. The lowest BCUT2D eigenvalue weighted by molar-refractivity contribution is -0.141. The molecule has 1 saturated heterocycles. The summed E-state index contributed by atoms with van der Waals surface area (Å²) in [6.07, 6.45) is 7.60. The molecule has 0 unspecified atom stereocenters. The number of aromatic nitrogens is 4. The average Bonchev–Trinajstić information content (AvgIpc) is 3.39. The lowest BCUT2D eigenvalue weighted by atomic mass is 9.89. The lowest BCUT2D eigenvalue weighted by Crippen LogP contribution is -2.50. The molecule has 1 fully saturated rings. The van der Waals surface area contributed by atoms with E-state index in [4.69, 9.17) is 5.73 Å². The zero-order chi connectivity index (χ0) is 23.0. The van der Waals surface area contributed by atoms with Crippen LogP contribution in [0, 0.1) is 5.92 Å². The van der Waals surface area contributed by atoms with Gasteiger partial charge in [0.1, 0.15) is 6.10 Å². The Balaban J connectivity index is 1.68. The maximum atomic E-state index is 12.3. The molecule has 0 spiro atoms. The molecule has 4 rings (SSSR count). The standard InChI is InChI=1S/C22H29N7O3/c1-4-14-11-28(22(32)13(2)30)6-5-18(14)26-20-17(21(23)31)9-25-29-12-15(7-19(20)29)16-8-24-27(3)10-16/h7-10,12-14,18,26,30H,4-6,11H2,1-3H3,(H2,23,31)/t13-,14-,18+/m0/s1. The van der Waals surface area contributed by atoms with Gasteiger partial charge in [0.2, 0.25) is 0 Å². The number of hydrogen-bond acceptors (Lipinski definition) is 6. The van der Waals surface area contributed by atoms with Crippen LogP contribution in [0.15, 0.2) is 30.9 Å². The van der Waals surface area contributed by atoms with E-state index >= 15 is 0 Å². The Morgan fingerprint density at radius 2 is 2.06 bits per heavy atom. The highest BCUT2D eigenvalue weighted by Gasteiger charge is 2.32. The van der Waals surface area contributed by atoms with Crippen LogP contribution in [0.1, 0.15) is 37.0 Å².